The zero-order valence-corrected chi connectivity index (χ0v) is 25.5. The number of nitrogens with zero attached hydrogens (tertiary/aromatic N) is 2. The molecule has 0 saturated heterocycles. The molecule has 0 radical (unpaired) electrons. The molecule has 2 heterocycles. The summed E-state index contributed by atoms with van der Waals surface area (Å²) in [5.41, 5.74) is 1.10. The molecule has 4 rings (SSSR count). The first-order chi connectivity index (χ1) is 22.8. The minimum Gasteiger partial charge on any atom is -0.475 e. The maximum absolute atomic E-state index is 13.4. The Balaban J connectivity index is 0.000000838. The van der Waals surface area contributed by atoms with E-state index < -0.39 is 67.2 Å². The number of aliphatic carboxylic acids is 1. The maximum Gasteiger partial charge on any atom is 0.573 e. The van der Waals surface area contributed by atoms with E-state index in [4.69, 9.17) is 21.5 Å². The first kappa shape index (κ1) is 38.1. The van der Waals surface area contributed by atoms with E-state index in [2.05, 4.69) is 45.9 Å². The summed E-state index contributed by atoms with van der Waals surface area (Å²) >= 11 is 5.94. The highest BCUT2D eigenvalue weighted by Gasteiger charge is 2.38. The normalized spacial score (nSPS) is 15.0. The number of aromatic nitrogens is 2. The molecule has 0 aliphatic carbocycles. The number of amides is 2. The Hall–Kier alpha value is -5.34. The van der Waals surface area contributed by atoms with Gasteiger partial charge in [-0.2, -0.15) is 18.3 Å². The SMILES string of the molecule is COC(=O)C[C@H](NC(=O)CNC(=O)c1cc(NC2=NCC(F)CN2)c2cn[nH]c2c1)c1cc(Cl)cc(OC(F)(F)F)c1.O=C(O)C(F)(F)F. The molecule has 22 heteroatoms. The number of fused-ring (bicyclic) bond motifs is 1. The molecular weight excluding hydrogens is 703 g/mol. The minimum absolute atomic E-state index is 0.0258. The van der Waals surface area contributed by atoms with Gasteiger partial charge in [-0.1, -0.05) is 11.6 Å². The second-order valence-corrected chi connectivity index (χ2v) is 10.2. The number of alkyl halides is 7. The van der Waals surface area contributed by atoms with Gasteiger partial charge in [0.05, 0.1) is 56.6 Å². The predicted molar refractivity (Wildman–Crippen MR) is 157 cm³/mol. The van der Waals surface area contributed by atoms with E-state index in [1.54, 1.807) is 0 Å². The van der Waals surface area contributed by atoms with Gasteiger partial charge < -0.3 is 35.8 Å². The van der Waals surface area contributed by atoms with Crippen LogP contribution in [0.15, 0.2) is 41.5 Å². The number of hydrogen-bond acceptors (Lipinski definition) is 10. The highest BCUT2D eigenvalue weighted by molar-refractivity contribution is 6.30. The molecule has 2 amide bonds. The van der Waals surface area contributed by atoms with Crippen LogP contribution in [0.4, 0.5) is 36.4 Å². The minimum atomic E-state index is -5.08. The fourth-order valence-corrected chi connectivity index (χ4v) is 4.24. The Morgan fingerprint density at radius 1 is 1.10 bits per heavy atom. The van der Waals surface area contributed by atoms with Gasteiger partial charge in [-0.25, -0.2) is 14.2 Å². The Morgan fingerprint density at radius 2 is 1.80 bits per heavy atom. The van der Waals surface area contributed by atoms with Crippen molar-refractivity contribution in [3.05, 3.63) is 52.7 Å². The van der Waals surface area contributed by atoms with Crippen molar-refractivity contribution in [3.8, 4) is 5.75 Å². The number of carbonyl (C=O) groups is 4. The van der Waals surface area contributed by atoms with Crippen molar-refractivity contribution in [2.75, 3.05) is 32.1 Å². The molecule has 1 aliphatic rings. The molecule has 266 valence electrons. The lowest BCUT2D eigenvalue weighted by molar-refractivity contribution is -0.274. The monoisotopic (exact) mass is 727 g/mol. The van der Waals surface area contributed by atoms with Gasteiger partial charge in [0.1, 0.15) is 11.9 Å². The van der Waals surface area contributed by atoms with E-state index >= 15 is 0 Å². The standard InChI is InChI=1S/C25H24ClF4N7O5.C2HF3O2/c1-41-22(39)7-18(12-2-14(26)6-16(3-12)42-25(28,29)30)35-21(38)11-31-23(40)13-4-19(17-10-34-37-20(17)5-13)36-24-32-8-15(27)9-33-24;3-2(4,5)1(6)7/h2-6,10,15,18H,7-9,11H2,1H3,(H,31,40)(H,34,37)(H,35,38)(H2,32,33,36);(H,6,7)/t18-;/m0./s1. The van der Waals surface area contributed by atoms with Gasteiger partial charge in [-0.15, -0.1) is 13.2 Å². The van der Waals surface area contributed by atoms with Crippen molar-refractivity contribution in [2.24, 2.45) is 4.99 Å². The molecule has 0 bridgehead atoms. The van der Waals surface area contributed by atoms with E-state index in [0.717, 1.165) is 19.2 Å². The van der Waals surface area contributed by atoms with Crippen LogP contribution >= 0.6 is 11.6 Å². The molecule has 14 nitrogen and oxygen atoms in total. The Morgan fingerprint density at radius 3 is 2.39 bits per heavy atom. The van der Waals surface area contributed by atoms with Gasteiger partial charge in [0, 0.05) is 16.0 Å². The van der Waals surface area contributed by atoms with Gasteiger partial charge in [0.2, 0.25) is 5.91 Å². The number of aliphatic imine (C=N–C) groups is 1. The molecule has 0 fully saturated rings. The fourth-order valence-electron chi connectivity index (χ4n) is 4.00. The number of carbonyl (C=O) groups excluding carboxylic acids is 3. The lowest BCUT2D eigenvalue weighted by Gasteiger charge is -2.20. The fraction of sp³-hybridized carbons (Fsp3) is 0.333. The molecule has 2 atom stereocenters. The van der Waals surface area contributed by atoms with Crippen LogP contribution in [0.2, 0.25) is 5.02 Å². The Labute approximate surface area is 275 Å². The first-order valence-electron chi connectivity index (χ1n) is 13.5. The number of methoxy groups -OCH3 is 1. The second kappa shape index (κ2) is 16.2. The van der Waals surface area contributed by atoms with Gasteiger partial charge in [0.15, 0.2) is 5.96 Å². The summed E-state index contributed by atoms with van der Waals surface area (Å²) in [7, 11) is 1.10. The zero-order chi connectivity index (χ0) is 36.5. The second-order valence-electron chi connectivity index (χ2n) is 9.80. The van der Waals surface area contributed by atoms with Crippen LogP contribution < -0.4 is 26.0 Å². The number of ether oxygens (including phenoxy) is 2. The number of H-pyrrole nitrogens is 1. The summed E-state index contributed by atoms with van der Waals surface area (Å²) in [5, 5.41) is 25.1. The van der Waals surface area contributed by atoms with E-state index in [-0.39, 0.29) is 29.2 Å². The average molecular weight is 728 g/mol. The highest BCUT2D eigenvalue weighted by Crippen LogP contribution is 2.31. The smallest absolute Gasteiger partial charge is 0.475 e. The van der Waals surface area contributed by atoms with Crippen LogP contribution in [-0.4, -0.2) is 90.5 Å². The van der Waals surface area contributed by atoms with E-state index in [0.29, 0.717) is 22.5 Å². The van der Waals surface area contributed by atoms with Crippen molar-refractivity contribution in [1.82, 2.24) is 26.1 Å². The van der Waals surface area contributed by atoms with Crippen LogP contribution in [0, 0.1) is 0 Å². The molecular formula is C27H25ClF7N7O7. The number of hydrogen-bond donors (Lipinski definition) is 6. The molecule has 2 aromatic carbocycles. The van der Waals surface area contributed by atoms with Crippen LogP contribution in [0.25, 0.3) is 10.9 Å². The number of guanidine groups is 1. The topological polar surface area (TPSA) is 196 Å². The number of rotatable bonds is 9. The van der Waals surface area contributed by atoms with Gasteiger partial charge in [-0.05, 0) is 35.9 Å². The molecule has 49 heavy (non-hydrogen) atoms. The number of aromatic amines is 1. The third-order valence-electron chi connectivity index (χ3n) is 6.13. The third kappa shape index (κ3) is 12.0. The van der Waals surface area contributed by atoms with Gasteiger partial charge >= 0.3 is 24.5 Å². The molecule has 6 N–H and O–H groups in total. The van der Waals surface area contributed by atoms with Crippen molar-refractivity contribution in [1.29, 1.82) is 0 Å². The lowest BCUT2D eigenvalue weighted by Crippen LogP contribution is -2.41. The summed E-state index contributed by atoms with van der Waals surface area (Å²) < 4.78 is 91.9. The van der Waals surface area contributed by atoms with Crippen molar-refractivity contribution in [2.45, 2.75) is 31.2 Å². The molecule has 0 spiro atoms. The van der Waals surface area contributed by atoms with Gasteiger partial charge in [0.25, 0.3) is 5.91 Å². The number of halogens is 8. The number of carboxylic acids is 1. The van der Waals surface area contributed by atoms with Crippen molar-refractivity contribution < 1.29 is 64.5 Å². The molecule has 0 saturated carbocycles. The quantitative estimate of drug-likeness (QED) is 0.140. The van der Waals surface area contributed by atoms with Gasteiger partial charge in [-0.3, -0.25) is 19.5 Å². The predicted octanol–water partition coefficient (Wildman–Crippen LogP) is 3.61. The Bertz CT molecular complexity index is 1720. The molecule has 1 aliphatic heterocycles. The summed E-state index contributed by atoms with van der Waals surface area (Å²) in [5.74, 6) is -5.29. The lowest BCUT2D eigenvalue weighted by atomic mass is 10.0. The summed E-state index contributed by atoms with van der Waals surface area (Å²) in [6.07, 6.45) is -10.1. The first-order valence-corrected chi connectivity index (χ1v) is 13.9. The number of anilines is 1. The number of carboxylic acid groups (broad SMARTS) is 1. The number of benzene rings is 2. The number of nitrogens with one attached hydrogen (secondary N) is 5. The van der Waals surface area contributed by atoms with Crippen molar-refractivity contribution >= 4 is 57.9 Å². The third-order valence-corrected chi connectivity index (χ3v) is 6.35. The largest absolute Gasteiger partial charge is 0.573 e. The maximum atomic E-state index is 13.4. The van der Waals surface area contributed by atoms with Crippen molar-refractivity contribution in [3.63, 3.8) is 0 Å². The van der Waals surface area contributed by atoms with E-state index in [9.17, 15) is 45.1 Å². The molecule has 1 aromatic heterocycles. The molecule has 3 aromatic rings. The molecule has 1 unspecified atom stereocenters. The summed E-state index contributed by atoms with van der Waals surface area (Å²) in [6, 6.07) is 4.97. The van der Waals surface area contributed by atoms with Crippen LogP contribution in [0.5, 0.6) is 5.75 Å². The average Bonchev–Trinajstić information content (AvgIpc) is 3.48. The van der Waals surface area contributed by atoms with Crippen LogP contribution in [0.3, 0.4) is 0 Å². The van der Waals surface area contributed by atoms with E-state index in [1.165, 1.54) is 24.4 Å². The summed E-state index contributed by atoms with van der Waals surface area (Å²) in [4.78, 5) is 50.6. The van der Waals surface area contributed by atoms with E-state index in [1.807, 2.05) is 0 Å². The Kier molecular flexibility index (Phi) is 12.6. The van der Waals surface area contributed by atoms with Crippen LogP contribution in [-0.2, 0) is 19.1 Å². The highest BCUT2D eigenvalue weighted by atomic mass is 35.5. The zero-order valence-electron chi connectivity index (χ0n) is 24.8. The van der Waals surface area contributed by atoms with Crippen LogP contribution in [0.1, 0.15) is 28.4 Å². The summed E-state index contributed by atoms with van der Waals surface area (Å²) in [6.45, 7) is -0.515. The number of esters is 1.